The Kier molecular flexibility index (Phi) is 3.26. The Hall–Kier alpha value is -0.610. The maximum absolute atomic E-state index is 4.39. The van der Waals surface area contributed by atoms with Gasteiger partial charge in [0.15, 0.2) is 0 Å². The van der Waals surface area contributed by atoms with Crippen molar-refractivity contribution in [3.8, 4) is 0 Å². The van der Waals surface area contributed by atoms with Crippen LogP contribution in [0.4, 0.5) is 5.82 Å². The van der Waals surface area contributed by atoms with Gasteiger partial charge in [-0.15, -0.1) is 0 Å². The Morgan fingerprint density at radius 1 is 1.60 bits per heavy atom. The maximum Gasteiger partial charge on any atom is 0.129 e. The van der Waals surface area contributed by atoms with Gasteiger partial charge in [0, 0.05) is 23.3 Å². The Bertz CT molecular complexity index is 354. The van der Waals surface area contributed by atoms with Gasteiger partial charge in [-0.1, -0.05) is 0 Å². The van der Waals surface area contributed by atoms with E-state index in [0.29, 0.717) is 6.04 Å². The molecule has 0 aliphatic carbocycles. The molecule has 82 valence electrons. The van der Waals surface area contributed by atoms with Crippen LogP contribution in [0, 0.1) is 6.92 Å². The minimum absolute atomic E-state index is 0.544. The summed E-state index contributed by atoms with van der Waals surface area (Å²) in [6, 6.07) is 2.64. The molecule has 0 aromatic carbocycles. The molecule has 4 heteroatoms. The number of pyridine rings is 1. The van der Waals surface area contributed by atoms with E-state index in [2.05, 4.69) is 51.2 Å². The third-order valence-electron chi connectivity index (χ3n) is 2.78. The molecule has 0 bridgehead atoms. The number of nitrogens with one attached hydrogen (secondary N) is 1. The van der Waals surface area contributed by atoms with Gasteiger partial charge in [-0.3, -0.25) is 0 Å². The van der Waals surface area contributed by atoms with E-state index in [-0.39, 0.29) is 0 Å². The molecule has 1 fully saturated rings. The first-order chi connectivity index (χ1) is 7.15. The second-order valence-corrected chi connectivity index (χ2v) is 5.13. The van der Waals surface area contributed by atoms with Crippen molar-refractivity contribution in [2.45, 2.75) is 19.4 Å². The van der Waals surface area contributed by atoms with E-state index in [1.807, 2.05) is 6.20 Å². The standard InChI is InChI=1S/C11H16BrN3/c1-8-5-9(12)6-13-11(8)14-10-3-4-15(2)7-10/h5-6,10H,3-4,7H2,1-2H3,(H,13,14). The Balaban J connectivity index is 2.04. The monoisotopic (exact) mass is 269 g/mol. The van der Waals surface area contributed by atoms with Crippen molar-refractivity contribution in [2.24, 2.45) is 0 Å². The zero-order valence-electron chi connectivity index (χ0n) is 9.13. The number of anilines is 1. The van der Waals surface area contributed by atoms with Gasteiger partial charge >= 0.3 is 0 Å². The van der Waals surface area contributed by atoms with Gasteiger partial charge in [-0.25, -0.2) is 4.98 Å². The fourth-order valence-electron chi connectivity index (χ4n) is 1.94. The number of aromatic nitrogens is 1. The van der Waals surface area contributed by atoms with E-state index in [4.69, 9.17) is 0 Å². The molecule has 1 saturated heterocycles. The van der Waals surface area contributed by atoms with Gasteiger partial charge in [0.1, 0.15) is 5.82 Å². The number of likely N-dealkylation sites (N-methyl/N-ethyl adjacent to an activating group) is 1. The average Bonchev–Trinajstić information content (AvgIpc) is 2.56. The van der Waals surface area contributed by atoms with E-state index in [9.17, 15) is 0 Å². The lowest BCUT2D eigenvalue weighted by Gasteiger charge is -2.15. The molecule has 1 aliphatic heterocycles. The predicted octanol–water partition coefficient (Wildman–Crippen LogP) is 2.27. The molecule has 3 nitrogen and oxygen atoms in total. The summed E-state index contributed by atoms with van der Waals surface area (Å²) in [4.78, 5) is 6.73. The van der Waals surface area contributed by atoms with Crippen LogP contribution in [0.1, 0.15) is 12.0 Å². The molecule has 1 N–H and O–H groups in total. The lowest BCUT2D eigenvalue weighted by atomic mass is 10.2. The van der Waals surface area contributed by atoms with Crippen LogP contribution in [-0.4, -0.2) is 36.1 Å². The van der Waals surface area contributed by atoms with Crippen LogP contribution in [-0.2, 0) is 0 Å². The summed E-state index contributed by atoms with van der Waals surface area (Å²) in [6.45, 7) is 4.36. The minimum atomic E-state index is 0.544. The van der Waals surface area contributed by atoms with Crippen molar-refractivity contribution in [3.63, 3.8) is 0 Å². The summed E-state index contributed by atoms with van der Waals surface area (Å²) >= 11 is 3.42. The van der Waals surface area contributed by atoms with Crippen molar-refractivity contribution in [1.82, 2.24) is 9.88 Å². The summed E-state index contributed by atoms with van der Waals surface area (Å²) in [6.07, 6.45) is 3.04. The number of hydrogen-bond donors (Lipinski definition) is 1. The van der Waals surface area contributed by atoms with Gasteiger partial charge in [0.25, 0.3) is 0 Å². The summed E-state index contributed by atoms with van der Waals surface area (Å²) in [5.41, 5.74) is 1.19. The fraction of sp³-hybridized carbons (Fsp3) is 0.545. The van der Waals surface area contributed by atoms with Gasteiger partial charge < -0.3 is 10.2 Å². The first kappa shape index (κ1) is 10.9. The zero-order valence-corrected chi connectivity index (χ0v) is 10.7. The Morgan fingerprint density at radius 2 is 2.40 bits per heavy atom. The number of hydrogen-bond acceptors (Lipinski definition) is 3. The molecule has 0 radical (unpaired) electrons. The van der Waals surface area contributed by atoms with E-state index in [1.54, 1.807) is 0 Å². The molecule has 0 spiro atoms. The summed E-state index contributed by atoms with van der Waals surface area (Å²) < 4.78 is 1.04. The minimum Gasteiger partial charge on any atom is -0.366 e. The molecular formula is C11H16BrN3. The van der Waals surface area contributed by atoms with Crippen molar-refractivity contribution < 1.29 is 0 Å². The molecule has 1 aliphatic rings. The Labute approximate surface area is 99.0 Å². The lowest BCUT2D eigenvalue weighted by Crippen LogP contribution is -2.24. The highest BCUT2D eigenvalue weighted by Gasteiger charge is 2.19. The van der Waals surface area contributed by atoms with E-state index >= 15 is 0 Å². The number of rotatable bonds is 2. The normalized spacial score (nSPS) is 21.9. The second kappa shape index (κ2) is 4.49. The SMILES string of the molecule is Cc1cc(Br)cnc1NC1CCN(C)C1. The third-order valence-corrected chi connectivity index (χ3v) is 3.21. The summed E-state index contributed by atoms with van der Waals surface area (Å²) in [5.74, 6) is 1.01. The van der Waals surface area contributed by atoms with Crippen LogP contribution in [0.3, 0.4) is 0 Å². The van der Waals surface area contributed by atoms with Gasteiger partial charge in [0.2, 0.25) is 0 Å². The van der Waals surface area contributed by atoms with E-state index < -0.39 is 0 Å². The van der Waals surface area contributed by atoms with Crippen LogP contribution in [0.5, 0.6) is 0 Å². The molecule has 1 unspecified atom stereocenters. The van der Waals surface area contributed by atoms with Crippen molar-refractivity contribution in [1.29, 1.82) is 0 Å². The van der Waals surface area contributed by atoms with Crippen LogP contribution < -0.4 is 5.32 Å². The maximum atomic E-state index is 4.39. The van der Waals surface area contributed by atoms with Gasteiger partial charge in [-0.2, -0.15) is 0 Å². The number of aryl methyl sites for hydroxylation is 1. The molecule has 15 heavy (non-hydrogen) atoms. The van der Waals surface area contributed by atoms with E-state index in [1.165, 1.54) is 18.5 Å². The van der Waals surface area contributed by atoms with Gasteiger partial charge in [-0.05, 0) is 54.5 Å². The molecule has 2 rings (SSSR count). The third kappa shape index (κ3) is 2.69. The van der Waals surface area contributed by atoms with Crippen molar-refractivity contribution >= 4 is 21.7 Å². The quantitative estimate of drug-likeness (QED) is 0.893. The largest absolute Gasteiger partial charge is 0.366 e. The van der Waals surface area contributed by atoms with Crippen LogP contribution in [0.15, 0.2) is 16.7 Å². The number of halogens is 1. The molecular weight excluding hydrogens is 254 g/mol. The van der Waals surface area contributed by atoms with Gasteiger partial charge in [0.05, 0.1) is 0 Å². The molecule has 0 amide bonds. The second-order valence-electron chi connectivity index (χ2n) is 4.21. The van der Waals surface area contributed by atoms with Crippen LogP contribution >= 0.6 is 15.9 Å². The first-order valence-corrected chi connectivity index (χ1v) is 6.01. The lowest BCUT2D eigenvalue weighted by molar-refractivity contribution is 0.414. The highest BCUT2D eigenvalue weighted by molar-refractivity contribution is 9.10. The molecule has 0 saturated carbocycles. The number of nitrogens with zero attached hydrogens (tertiary/aromatic N) is 2. The first-order valence-electron chi connectivity index (χ1n) is 5.22. The smallest absolute Gasteiger partial charge is 0.129 e. The highest BCUT2D eigenvalue weighted by atomic mass is 79.9. The average molecular weight is 270 g/mol. The molecule has 1 atom stereocenters. The zero-order chi connectivity index (χ0) is 10.8. The molecule has 1 aromatic rings. The summed E-state index contributed by atoms with van der Waals surface area (Å²) in [7, 11) is 2.16. The van der Waals surface area contributed by atoms with E-state index in [0.717, 1.165) is 16.8 Å². The predicted molar refractivity (Wildman–Crippen MR) is 66.2 cm³/mol. The highest BCUT2D eigenvalue weighted by Crippen LogP contribution is 2.19. The number of likely N-dealkylation sites (tertiary alicyclic amines) is 1. The fourth-order valence-corrected chi connectivity index (χ4v) is 2.38. The Morgan fingerprint density at radius 3 is 3.00 bits per heavy atom. The molecule has 2 heterocycles. The van der Waals surface area contributed by atoms with Crippen LogP contribution in [0.2, 0.25) is 0 Å². The topological polar surface area (TPSA) is 28.2 Å². The van der Waals surface area contributed by atoms with Crippen molar-refractivity contribution in [2.75, 3.05) is 25.5 Å². The van der Waals surface area contributed by atoms with Crippen molar-refractivity contribution in [3.05, 3.63) is 22.3 Å². The molecule has 1 aromatic heterocycles. The summed E-state index contributed by atoms with van der Waals surface area (Å²) in [5, 5.41) is 3.49. The van der Waals surface area contributed by atoms with Crippen LogP contribution in [0.25, 0.3) is 0 Å².